The topological polar surface area (TPSA) is 50.7 Å². The number of rotatable bonds is 2. The first-order valence-electron chi connectivity index (χ1n) is 4.82. The summed E-state index contributed by atoms with van der Waals surface area (Å²) in [6.45, 7) is 0.702. The highest BCUT2D eigenvalue weighted by molar-refractivity contribution is 5.05. The van der Waals surface area contributed by atoms with E-state index in [1.165, 1.54) is 0 Å². The molecule has 0 bridgehead atoms. The summed E-state index contributed by atoms with van der Waals surface area (Å²) in [5, 5.41) is 8.17. The van der Waals surface area contributed by atoms with E-state index in [2.05, 4.69) is 16.1 Å². The Morgan fingerprint density at radius 2 is 1.85 bits per heavy atom. The van der Waals surface area contributed by atoms with E-state index in [0.717, 1.165) is 32.1 Å². The van der Waals surface area contributed by atoms with E-state index in [4.69, 9.17) is 12.2 Å². The lowest BCUT2D eigenvalue weighted by Crippen LogP contribution is -2.37. The van der Waals surface area contributed by atoms with Gasteiger partial charge in [0.1, 0.15) is 0 Å². The van der Waals surface area contributed by atoms with Gasteiger partial charge < -0.3 is 5.73 Å². The zero-order valence-electron chi connectivity index (χ0n) is 7.79. The van der Waals surface area contributed by atoms with Crippen molar-refractivity contribution in [2.24, 2.45) is 21.4 Å². The Morgan fingerprint density at radius 1 is 1.23 bits per heavy atom. The maximum absolute atomic E-state index is 5.78. The van der Waals surface area contributed by atoms with Gasteiger partial charge in [0, 0.05) is 6.42 Å². The van der Waals surface area contributed by atoms with Crippen molar-refractivity contribution in [1.82, 2.24) is 0 Å². The fourth-order valence-corrected chi connectivity index (χ4v) is 2.12. The quantitative estimate of drug-likeness (QED) is 0.641. The summed E-state index contributed by atoms with van der Waals surface area (Å²) < 4.78 is 0. The van der Waals surface area contributed by atoms with Crippen molar-refractivity contribution in [3.63, 3.8) is 0 Å². The van der Waals surface area contributed by atoms with Crippen LogP contribution in [-0.2, 0) is 0 Å². The molecular weight excluding hydrogens is 162 g/mol. The smallest absolute Gasteiger partial charge is 0.191 e. The minimum atomic E-state index is 0.00721. The van der Waals surface area contributed by atoms with E-state index in [0.29, 0.717) is 6.54 Å². The first-order valence-corrected chi connectivity index (χ1v) is 4.82. The molecule has 0 atom stereocenters. The maximum Gasteiger partial charge on any atom is 0.191 e. The Hall–Kier alpha value is -0.880. The largest absolute Gasteiger partial charge is 0.330 e. The average molecular weight is 177 g/mol. The molecule has 1 aliphatic carbocycles. The number of nitrogens with two attached hydrogens (primary N) is 1. The molecule has 13 heavy (non-hydrogen) atoms. The Morgan fingerprint density at radius 3 is 2.23 bits per heavy atom. The third-order valence-corrected chi connectivity index (χ3v) is 3.40. The Bertz CT molecular complexity index is 258. The van der Waals surface area contributed by atoms with E-state index in [9.17, 15) is 0 Å². The average Bonchev–Trinajstić information content (AvgIpc) is 2.91. The van der Waals surface area contributed by atoms with Gasteiger partial charge in [-0.3, -0.25) is 0 Å². The third kappa shape index (κ3) is 1.47. The second-order valence-electron chi connectivity index (χ2n) is 4.27. The molecule has 1 spiro atoms. The summed E-state index contributed by atoms with van der Waals surface area (Å²) in [6.07, 6.45) is 10.4. The normalized spacial score (nSPS) is 27.1. The number of hydrogen-bond donors (Lipinski definition) is 1. The highest BCUT2D eigenvalue weighted by Gasteiger charge is 2.47. The zero-order valence-corrected chi connectivity index (χ0v) is 7.79. The Kier molecular flexibility index (Phi) is 1.88. The van der Waals surface area contributed by atoms with Crippen molar-refractivity contribution in [3.05, 3.63) is 0 Å². The van der Waals surface area contributed by atoms with Crippen molar-refractivity contribution >= 4 is 0 Å². The molecule has 2 rings (SSSR count). The van der Waals surface area contributed by atoms with E-state index in [1.54, 1.807) is 0 Å². The van der Waals surface area contributed by atoms with Crippen molar-refractivity contribution < 1.29 is 0 Å². The molecule has 0 radical (unpaired) electrons. The number of terminal acetylenes is 1. The number of hydrogen-bond acceptors (Lipinski definition) is 3. The van der Waals surface area contributed by atoms with Gasteiger partial charge in [0.2, 0.25) is 0 Å². The molecule has 0 aromatic rings. The van der Waals surface area contributed by atoms with Crippen molar-refractivity contribution in [2.45, 2.75) is 37.8 Å². The van der Waals surface area contributed by atoms with Crippen LogP contribution in [0.15, 0.2) is 10.2 Å². The van der Waals surface area contributed by atoms with Crippen LogP contribution in [0.5, 0.6) is 0 Å². The van der Waals surface area contributed by atoms with Crippen molar-refractivity contribution in [2.75, 3.05) is 6.54 Å². The predicted molar refractivity (Wildman–Crippen MR) is 51.0 cm³/mol. The van der Waals surface area contributed by atoms with Gasteiger partial charge in [-0.25, -0.2) is 0 Å². The molecule has 0 unspecified atom stereocenters. The summed E-state index contributed by atoms with van der Waals surface area (Å²) in [4.78, 5) is 0. The van der Waals surface area contributed by atoms with Crippen LogP contribution in [0.3, 0.4) is 0 Å². The molecule has 0 aromatic heterocycles. The van der Waals surface area contributed by atoms with Crippen LogP contribution in [0.4, 0.5) is 0 Å². The minimum Gasteiger partial charge on any atom is -0.330 e. The molecule has 2 N–H and O–H groups in total. The zero-order chi connectivity index (χ0) is 9.36. The molecule has 0 amide bonds. The second kappa shape index (κ2) is 2.81. The first kappa shape index (κ1) is 8.71. The SMILES string of the molecule is C#CCC1(CN)CCC2(CC1)N=N2. The van der Waals surface area contributed by atoms with E-state index >= 15 is 0 Å². The molecule has 2 aliphatic rings. The van der Waals surface area contributed by atoms with Crippen LogP contribution in [0, 0.1) is 17.8 Å². The van der Waals surface area contributed by atoms with E-state index < -0.39 is 0 Å². The summed E-state index contributed by atoms with van der Waals surface area (Å²) in [7, 11) is 0. The van der Waals surface area contributed by atoms with E-state index in [-0.39, 0.29) is 11.1 Å². The maximum atomic E-state index is 5.78. The monoisotopic (exact) mass is 177 g/mol. The molecule has 1 saturated carbocycles. The fourth-order valence-electron chi connectivity index (χ4n) is 2.12. The molecule has 1 fully saturated rings. The van der Waals surface area contributed by atoms with Gasteiger partial charge in [-0.05, 0) is 37.6 Å². The molecule has 3 nitrogen and oxygen atoms in total. The predicted octanol–water partition coefficient (Wildman–Crippen LogP) is 1.69. The minimum absolute atomic E-state index is 0.00721. The number of nitrogens with zero attached hydrogens (tertiary/aromatic N) is 2. The molecule has 1 heterocycles. The molecule has 1 aliphatic heterocycles. The van der Waals surface area contributed by atoms with Crippen LogP contribution < -0.4 is 5.73 Å². The van der Waals surface area contributed by atoms with Crippen LogP contribution in [0.1, 0.15) is 32.1 Å². The van der Waals surface area contributed by atoms with Crippen molar-refractivity contribution in [3.8, 4) is 12.3 Å². The van der Waals surface area contributed by atoms with Crippen LogP contribution in [0.2, 0.25) is 0 Å². The third-order valence-electron chi connectivity index (χ3n) is 3.40. The standard InChI is InChI=1S/C10H15N3/c1-2-3-9(8-11)4-6-10(7-5-9)12-13-10/h1H,3-8,11H2. The van der Waals surface area contributed by atoms with Gasteiger partial charge in [-0.15, -0.1) is 12.3 Å². The van der Waals surface area contributed by atoms with Crippen LogP contribution in [0.25, 0.3) is 0 Å². The van der Waals surface area contributed by atoms with Crippen LogP contribution in [-0.4, -0.2) is 12.2 Å². The fraction of sp³-hybridized carbons (Fsp3) is 0.800. The van der Waals surface area contributed by atoms with Gasteiger partial charge in [0.25, 0.3) is 0 Å². The lowest BCUT2D eigenvalue weighted by atomic mass is 9.69. The molecule has 0 aromatic carbocycles. The van der Waals surface area contributed by atoms with Gasteiger partial charge in [-0.1, -0.05) is 0 Å². The summed E-state index contributed by atoms with van der Waals surface area (Å²) in [6, 6.07) is 0. The summed E-state index contributed by atoms with van der Waals surface area (Å²) in [5.74, 6) is 2.74. The summed E-state index contributed by atoms with van der Waals surface area (Å²) in [5.41, 5.74) is 5.97. The second-order valence-corrected chi connectivity index (χ2v) is 4.27. The van der Waals surface area contributed by atoms with Gasteiger partial charge in [-0.2, -0.15) is 10.2 Å². The van der Waals surface area contributed by atoms with Gasteiger partial charge in [0.05, 0.1) is 0 Å². The highest BCUT2D eigenvalue weighted by atomic mass is 15.4. The highest BCUT2D eigenvalue weighted by Crippen LogP contribution is 2.49. The van der Waals surface area contributed by atoms with Gasteiger partial charge in [0.15, 0.2) is 5.66 Å². The summed E-state index contributed by atoms with van der Waals surface area (Å²) >= 11 is 0. The molecule has 0 saturated heterocycles. The van der Waals surface area contributed by atoms with Crippen LogP contribution >= 0.6 is 0 Å². The lowest BCUT2D eigenvalue weighted by Gasteiger charge is -2.36. The Balaban J connectivity index is 1.97. The lowest BCUT2D eigenvalue weighted by molar-refractivity contribution is 0.174. The molecule has 70 valence electrons. The van der Waals surface area contributed by atoms with E-state index in [1.807, 2.05) is 0 Å². The Labute approximate surface area is 78.8 Å². The molecular formula is C10H15N3. The van der Waals surface area contributed by atoms with Crippen molar-refractivity contribution in [1.29, 1.82) is 0 Å². The van der Waals surface area contributed by atoms with Gasteiger partial charge >= 0.3 is 0 Å². The first-order chi connectivity index (χ1) is 6.24. The molecule has 3 heteroatoms.